The van der Waals surface area contributed by atoms with E-state index in [1.54, 1.807) is 0 Å². The van der Waals surface area contributed by atoms with Gasteiger partial charge in [0.05, 0.1) is 0 Å². The molecule has 0 saturated carbocycles. The van der Waals surface area contributed by atoms with Crippen molar-refractivity contribution < 1.29 is 0 Å². The molecule has 0 saturated heterocycles. The molecule has 0 fully saturated rings. The number of aryl methyl sites for hydroxylation is 1. The van der Waals surface area contributed by atoms with E-state index in [1.165, 1.54) is 57.0 Å². The molecule has 0 amide bonds. The molecular weight excluding hydrogens is 376 g/mol. The van der Waals surface area contributed by atoms with Crippen LogP contribution >= 0.6 is 22.7 Å². The summed E-state index contributed by atoms with van der Waals surface area (Å²) in [5.41, 5.74) is 4.14. The van der Waals surface area contributed by atoms with Gasteiger partial charge in [-0.15, -0.1) is 22.7 Å². The summed E-state index contributed by atoms with van der Waals surface area (Å²) >= 11 is 3.83. The maximum absolute atomic E-state index is 2.39. The number of rotatable bonds is 2. The van der Waals surface area contributed by atoms with Crippen LogP contribution in [0.5, 0.6) is 0 Å². The van der Waals surface area contributed by atoms with Gasteiger partial charge in [-0.05, 0) is 48.2 Å². The van der Waals surface area contributed by atoms with E-state index in [0.29, 0.717) is 0 Å². The molecular formula is C26H18S2. The van der Waals surface area contributed by atoms with Crippen molar-refractivity contribution in [2.45, 2.75) is 13.3 Å². The number of fused-ring (bicyclic) bond motifs is 6. The summed E-state index contributed by atoms with van der Waals surface area (Å²) in [4.78, 5) is 0. The average molecular weight is 395 g/mol. The highest BCUT2D eigenvalue weighted by Gasteiger charge is 2.10. The van der Waals surface area contributed by atoms with Gasteiger partial charge >= 0.3 is 0 Å². The van der Waals surface area contributed by atoms with E-state index >= 15 is 0 Å². The van der Waals surface area contributed by atoms with Crippen LogP contribution in [0.2, 0.25) is 0 Å². The van der Waals surface area contributed by atoms with Gasteiger partial charge in [0.25, 0.3) is 0 Å². The second-order valence-corrected chi connectivity index (χ2v) is 9.64. The van der Waals surface area contributed by atoms with Crippen molar-refractivity contribution in [3.05, 3.63) is 95.6 Å². The number of hydrogen-bond acceptors (Lipinski definition) is 2. The average Bonchev–Trinajstić information content (AvgIpc) is 3.26. The van der Waals surface area contributed by atoms with Gasteiger partial charge in [0.2, 0.25) is 0 Å². The SMILES string of the molecule is Cc1ccc2c(c1)sc1cc(Cc3cccc4c3sc3ccccc34)ccc12. The maximum atomic E-state index is 2.39. The fraction of sp³-hybridized carbons (Fsp3) is 0.0769. The Hall–Kier alpha value is -2.68. The van der Waals surface area contributed by atoms with Crippen molar-refractivity contribution >= 4 is 63.0 Å². The molecule has 0 radical (unpaired) electrons. The highest BCUT2D eigenvalue weighted by molar-refractivity contribution is 7.26. The van der Waals surface area contributed by atoms with E-state index in [0.717, 1.165) is 6.42 Å². The molecule has 0 aliphatic carbocycles. The summed E-state index contributed by atoms with van der Waals surface area (Å²) < 4.78 is 5.58. The van der Waals surface area contributed by atoms with Crippen LogP contribution in [0.15, 0.2) is 78.9 Å². The summed E-state index contributed by atoms with van der Waals surface area (Å²) in [6.45, 7) is 2.17. The highest BCUT2D eigenvalue weighted by atomic mass is 32.1. The summed E-state index contributed by atoms with van der Waals surface area (Å²) in [6, 6.07) is 29.3. The van der Waals surface area contributed by atoms with E-state index in [1.807, 2.05) is 22.7 Å². The molecule has 0 N–H and O–H groups in total. The van der Waals surface area contributed by atoms with Crippen LogP contribution in [0.3, 0.4) is 0 Å². The smallest absolute Gasteiger partial charge is 0.0390 e. The number of benzene rings is 4. The fourth-order valence-corrected chi connectivity index (χ4v) is 6.69. The summed E-state index contributed by atoms with van der Waals surface area (Å²) in [6.07, 6.45) is 0.980. The minimum absolute atomic E-state index is 0.980. The van der Waals surface area contributed by atoms with E-state index in [4.69, 9.17) is 0 Å². The van der Waals surface area contributed by atoms with Crippen molar-refractivity contribution in [2.75, 3.05) is 0 Å². The molecule has 0 bridgehead atoms. The zero-order chi connectivity index (χ0) is 18.7. The van der Waals surface area contributed by atoms with Crippen molar-refractivity contribution in [2.24, 2.45) is 0 Å². The highest BCUT2D eigenvalue weighted by Crippen LogP contribution is 2.38. The second kappa shape index (κ2) is 6.16. The van der Waals surface area contributed by atoms with Crippen LogP contribution in [-0.4, -0.2) is 0 Å². The van der Waals surface area contributed by atoms with Gasteiger partial charge in [0.15, 0.2) is 0 Å². The Labute approximate surface area is 171 Å². The van der Waals surface area contributed by atoms with Crippen LogP contribution in [-0.2, 0) is 6.42 Å². The third-order valence-electron chi connectivity index (χ3n) is 5.57. The Morgan fingerprint density at radius 1 is 0.607 bits per heavy atom. The Balaban J connectivity index is 1.48. The fourth-order valence-electron chi connectivity index (χ4n) is 4.20. The summed E-state index contributed by atoms with van der Waals surface area (Å²) in [5, 5.41) is 5.52. The minimum atomic E-state index is 0.980. The molecule has 2 heteroatoms. The first kappa shape index (κ1) is 16.3. The monoisotopic (exact) mass is 394 g/mol. The molecule has 6 rings (SSSR count). The summed E-state index contributed by atoms with van der Waals surface area (Å²) in [7, 11) is 0. The van der Waals surface area contributed by atoms with Crippen molar-refractivity contribution in [3.63, 3.8) is 0 Å². The van der Waals surface area contributed by atoms with E-state index in [9.17, 15) is 0 Å². The molecule has 6 aromatic rings. The lowest BCUT2D eigenvalue weighted by atomic mass is 10.0. The minimum Gasteiger partial charge on any atom is -0.135 e. The largest absolute Gasteiger partial charge is 0.135 e. The van der Waals surface area contributed by atoms with Gasteiger partial charge in [0, 0.05) is 40.3 Å². The van der Waals surface area contributed by atoms with Gasteiger partial charge in [-0.1, -0.05) is 60.7 Å². The summed E-state index contributed by atoms with van der Waals surface area (Å²) in [5.74, 6) is 0. The van der Waals surface area contributed by atoms with Crippen LogP contribution in [0.4, 0.5) is 0 Å². The Morgan fingerprint density at radius 3 is 2.29 bits per heavy atom. The first-order valence-corrected chi connectivity index (χ1v) is 11.2. The third-order valence-corrected chi connectivity index (χ3v) is 7.95. The molecule has 4 aromatic carbocycles. The molecule has 0 aliphatic heterocycles. The first-order valence-electron chi connectivity index (χ1n) is 9.57. The van der Waals surface area contributed by atoms with Crippen LogP contribution in [0.1, 0.15) is 16.7 Å². The van der Waals surface area contributed by atoms with Gasteiger partial charge in [-0.2, -0.15) is 0 Å². The molecule has 0 unspecified atom stereocenters. The zero-order valence-corrected chi connectivity index (χ0v) is 17.2. The van der Waals surface area contributed by atoms with Crippen molar-refractivity contribution in [1.82, 2.24) is 0 Å². The normalized spacial score (nSPS) is 11.9. The molecule has 0 spiro atoms. The lowest BCUT2D eigenvalue weighted by Gasteiger charge is -2.04. The Morgan fingerprint density at radius 2 is 1.36 bits per heavy atom. The van der Waals surface area contributed by atoms with E-state index in [2.05, 4.69) is 85.8 Å². The maximum Gasteiger partial charge on any atom is 0.0390 e. The number of hydrogen-bond donors (Lipinski definition) is 0. The predicted octanol–water partition coefficient (Wildman–Crippen LogP) is 8.32. The van der Waals surface area contributed by atoms with Crippen LogP contribution < -0.4 is 0 Å². The predicted molar refractivity (Wildman–Crippen MR) is 126 cm³/mol. The Kier molecular flexibility index (Phi) is 3.59. The van der Waals surface area contributed by atoms with Crippen molar-refractivity contribution in [3.8, 4) is 0 Å². The van der Waals surface area contributed by atoms with Crippen LogP contribution in [0, 0.1) is 6.92 Å². The van der Waals surface area contributed by atoms with Gasteiger partial charge in [-0.3, -0.25) is 0 Å². The van der Waals surface area contributed by atoms with Gasteiger partial charge < -0.3 is 0 Å². The molecule has 0 nitrogen and oxygen atoms in total. The van der Waals surface area contributed by atoms with Gasteiger partial charge in [-0.25, -0.2) is 0 Å². The molecule has 28 heavy (non-hydrogen) atoms. The van der Waals surface area contributed by atoms with Crippen molar-refractivity contribution in [1.29, 1.82) is 0 Å². The zero-order valence-electron chi connectivity index (χ0n) is 15.5. The topological polar surface area (TPSA) is 0 Å². The first-order chi connectivity index (χ1) is 13.8. The van der Waals surface area contributed by atoms with E-state index < -0.39 is 0 Å². The molecule has 0 atom stereocenters. The quantitative estimate of drug-likeness (QED) is 0.277. The molecule has 134 valence electrons. The van der Waals surface area contributed by atoms with E-state index in [-0.39, 0.29) is 0 Å². The molecule has 2 aromatic heterocycles. The second-order valence-electron chi connectivity index (χ2n) is 7.50. The Bertz CT molecular complexity index is 1500. The number of thiophene rings is 2. The lowest BCUT2D eigenvalue weighted by Crippen LogP contribution is -1.87. The standard InChI is InChI=1S/C26H18S2/c1-16-9-11-20-21-12-10-17(15-25(21)27-24(20)13-16)14-18-5-4-7-22-19-6-2-3-8-23(19)28-26(18)22/h2-13,15H,14H2,1H3. The lowest BCUT2D eigenvalue weighted by molar-refractivity contribution is 1.23. The van der Waals surface area contributed by atoms with Crippen LogP contribution in [0.25, 0.3) is 40.3 Å². The molecule has 0 aliphatic rings. The molecule has 2 heterocycles. The third kappa shape index (κ3) is 2.49. The van der Waals surface area contributed by atoms with Gasteiger partial charge in [0.1, 0.15) is 0 Å².